The molecule has 8 heteroatoms. The largest absolute Gasteiger partial charge is 0.395 e. The zero-order chi connectivity index (χ0) is 13.1. The maximum Gasteiger partial charge on any atom is 0.277 e. The Morgan fingerprint density at radius 2 is 2.06 bits per heavy atom. The summed E-state index contributed by atoms with van der Waals surface area (Å²) < 4.78 is 2.45. The second-order valence-electron chi connectivity index (χ2n) is 4.03. The molecule has 1 aliphatic rings. The van der Waals surface area contributed by atoms with E-state index in [2.05, 4.69) is 9.27 Å². The SMILES string of the molecule is O=C(c1s[nH]c(=O)c1Cl)N1CCN(CCO)CC1. The standard InChI is InChI=1S/C10H14ClN3O3S/c11-7-8(18-12-9(7)16)10(17)14-3-1-13(2-4-14)5-6-15/h15H,1-6H2,(H,12,16). The minimum atomic E-state index is -0.413. The van der Waals surface area contributed by atoms with Gasteiger partial charge in [-0.3, -0.25) is 18.9 Å². The number of carbonyl (C=O) groups excluding carboxylic acids is 1. The van der Waals surface area contributed by atoms with Crippen LogP contribution in [0.5, 0.6) is 0 Å². The molecular weight excluding hydrogens is 278 g/mol. The van der Waals surface area contributed by atoms with Gasteiger partial charge in [-0.1, -0.05) is 23.1 Å². The molecule has 0 aliphatic carbocycles. The van der Waals surface area contributed by atoms with Crippen molar-refractivity contribution in [2.75, 3.05) is 39.3 Å². The smallest absolute Gasteiger partial charge is 0.277 e. The number of β-amino-alcohol motifs (C(OH)–C–C–N with tert-alkyl or cyclic N) is 1. The number of aromatic nitrogens is 1. The van der Waals surface area contributed by atoms with Crippen LogP contribution in [0.25, 0.3) is 0 Å². The number of aliphatic hydroxyl groups is 1. The lowest BCUT2D eigenvalue weighted by molar-refractivity contribution is 0.0619. The van der Waals surface area contributed by atoms with Crippen LogP contribution in [0.4, 0.5) is 0 Å². The number of nitrogens with zero attached hydrogens (tertiary/aromatic N) is 2. The van der Waals surface area contributed by atoms with E-state index in [1.165, 1.54) is 0 Å². The molecule has 0 atom stereocenters. The lowest BCUT2D eigenvalue weighted by Gasteiger charge is -2.34. The maximum atomic E-state index is 12.1. The normalized spacial score (nSPS) is 17.1. The summed E-state index contributed by atoms with van der Waals surface area (Å²) in [7, 11) is 0. The number of halogens is 1. The molecule has 0 spiro atoms. The molecule has 100 valence electrons. The van der Waals surface area contributed by atoms with Crippen molar-refractivity contribution in [3.63, 3.8) is 0 Å². The Kier molecular flexibility index (Phi) is 4.39. The van der Waals surface area contributed by atoms with Gasteiger partial charge in [-0.05, 0) is 0 Å². The highest BCUT2D eigenvalue weighted by Crippen LogP contribution is 2.18. The number of amides is 1. The van der Waals surface area contributed by atoms with E-state index in [1.54, 1.807) is 4.90 Å². The van der Waals surface area contributed by atoms with Gasteiger partial charge < -0.3 is 10.0 Å². The average Bonchev–Trinajstić information content (AvgIpc) is 2.71. The van der Waals surface area contributed by atoms with Gasteiger partial charge in [0.1, 0.15) is 9.90 Å². The van der Waals surface area contributed by atoms with Crippen molar-refractivity contribution in [1.29, 1.82) is 0 Å². The number of hydrogen-bond donors (Lipinski definition) is 2. The molecule has 1 aromatic rings. The molecule has 18 heavy (non-hydrogen) atoms. The third kappa shape index (κ3) is 2.74. The maximum absolute atomic E-state index is 12.1. The number of H-pyrrole nitrogens is 1. The average molecular weight is 292 g/mol. The summed E-state index contributed by atoms with van der Waals surface area (Å²) in [5, 5.41) is 8.81. The molecule has 1 aliphatic heterocycles. The van der Waals surface area contributed by atoms with Crippen LogP contribution in [0.2, 0.25) is 5.02 Å². The monoisotopic (exact) mass is 291 g/mol. The lowest BCUT2D eigenvalue weighted by atomic mass is 10.3. The molecule has 0 radical (unpaired) electrons. The molecule has 0 saturated carbocycles. The van der Waals surface area contributed by atoms with Gasteiger partial charge in [0.2, 0.25) is 0 Å². The van der Waals surface area contributed by atoms with E-state index >= 15 is 0 Å². The van der Waals surface area contributed by atoms with Crippen LogP contribution in [-0.2, 0) is 0 Å². The Morgan fingerprint density at radius 3 is 2.56 bits per heavy atom. The number of piperazine rings is 1. The predicted molar refractivity (Wildman–Crippen MR) is 69.4 cm³/mol. The van der Waals surface area contributed by atoms with E-state index in [1.807, 2.05) is 0 Å². The summed E-state index contributed by atoms with van der Waals surface area (Å²) in [6.45, 7) is 3.37. The predicted octanol–water partition coefficient (Wildman–Crippen LogP) is -0.160. The van der Waals surface area contributed by atoms with Crippen molar-refractivity contribution in [2.24, 2.45) is 0 Å². The Labute approximate surface area is 113 Å². The van der Waals surface area contributed by atoms with Gasteiger partial charge >= 0.3 is 0 Å². The Bertz CT molecular complexity index is 479. The fourth-order valence-electron chi connectivity index (χ4n) is 1.89. The van der Waals surface area contributed by atoms with Crippen LogP contribution < -0.4 is 5.56 Å². The zero-order valence-electron chi connectivity index (χ0n) is 9.69. The second-order valence-corrected chi connectivity index (χ2v) is 5.23. The summed E-state index contributed by atoms with van der Waals surface area (Å²) in [5.74, 6) is -0.202. The van der Waals surface area contributed by atoms with E-state index in [9.17, 15) is 9.59 Å². The number of rotatable bonds is 3. The van der Waals surface area contributed by atoms with E-state index in [4.69, 9.17) is 16.7 Å². The lowest BCUT2D eigenvalue weighted by Crippen LogP contribution is -2.49. The fraction of sp³-hybridized carbons (Fsp3) is 0.600. The Morgan fingerprint density at radius 1 is 1.39 bits per heavy atom. The first kappa shape index (κ1) is 13.5. The summed E-state index contributed by atoms with van der Waals surface area (Å²) >= 11 is 6.75. The van der Waals surface area contributed by atoms with Crippen LogP contribution in [0, 0.1) is 0 Å². The van der Waals surface area contributed by atoms with Crippen molar-refractivity contribution >= 4 is 29.0 Å². The van der Waals surface area contributed by atoms with Crippen LogP contribution in [0.15, 0.2) is 4.79 Å². The fourth-order valence-corrected chi connectivity index (χ4v) is 2.88. The van der Waals surface area contributed by atoms with Gasteiger partial charge in [0.15, 0.2) is 0 Å². The molecule has 1 saturated heterocycles. The Hall–Kier alpha value is -0.890. The van der Waals surface area contributed by atoms with E-state index in [0.29, 0.717) is 19.6 Å². The van der Waals surface area contributed by atoms with Crippen LogP contribution in [0.1, 0.15) is 9.67 Å². The molecule has 6 nitrogen and oxygen atoms in total. The van der Waals surface area contributed by atoms with Crippen LogP contribution in [-0.4, -0.2) is 64.5 Å². The molecule has 2 rings (SSSR count). The summed E-state index contributed by atoms with van der Waals surface area (Å²) in [6, 6.07) is 0. The summed E-state index contributed by atoms with van der Waals surface area (Å²) in [6.07, 6.45) is 0. The van der Waals surface area contributed by atoms with E-state index in [0.717, 1.165) is 24.6 Å². The van der Waals surface area contributed by atoms with Gasteiger partial charge in [0.25, 0.3) is 11.5 Å². The van der Waals surface area contributed by atoms with Gasteiger partial charge in [0.05, 0.1) is 6.61 Å². The van der Waals surface area contributed by atoms with Gasteiger partial charge in [-0.15, -0.1) is 0 Å². The van der Waals surface area contributed by atoms with E-state index < -0.39 is 5.56 Å². The first-order valence-corrected chi connectivity index (χ1v) is 6.82. The first-order valence-electron chi connectivity index (χ1n) is 5.63. The minimum absolute atomic E-state index is 0.0252. The van der Waals surface area contributed by atoms with E-state index in [-0.39, 0.29) is 22.4 Å². The third-order valence-electron chi connectivity index (χ3n) is 2.91. The van der Waals surface area contributed by atoms with Gasteiger partial charge in [-0.25, -0.2) is 0 Å². The number of nitrogens with one attached hydrogen (secondary N) is 1. The second kappa shape index (κ2) is 5.83. The van der Waals surface area contributed by atoms with Crippen LogP contribution >= 0.6 is 23.1 Å². The molecule has 0 bridgehead atoms. The highest BCUT2D eigenvalue weighted by atomic mass is 35.5. The quantitative estimate of drug-likeness (QED) is 0.811. The molecule has 1 fully saturated rings. The zero-order valence-corrected chi connectivity index (χ0v) is 11.3. The number of aliphatic hydroxyl groups excluding tert-OH is 1. The molecule has 0 unspecified atom stereocenters. The summed E-state index contributed by atoms with van der Waals surface area (Å²) in [4.78, 5) is 27.3. The first-order chi connectivity index (χ1) is 8.63. The number of hydrogen-bond acceptors (Lipinski definition) is 5. The molecular formula is C10H14ClN3O3S. The van der Waals surface area contributed by atoms with Crippen molar-refractivity contribution in [1.82, 2.24) is 14.2 Å². The minimum Gasteiger partial charge on any atom is -0.395 e. The number of carbonyl (C=O) groups is 1. The van der Waals surface area contributed by atoms with Crippen molar-refractivity contribution in [2.45, 2.75) is 0 Å². The van der Waals surface area contributed by atoms with Crippen molar-refractivity contribution in [3.05, 3.63) is 20.3 Å². The van der Waals surface area contributed by atoms with Crippen LogP contribution in [0.3, 0.4) is 0 Å². The van der Waals surface area contributed by atoms with Gasteiger partial charge in [0, 0.05) is 32.7 Å². The molecule has 2 heterocycles. The third-order valence-corrected chi connectivity index (χ3v) is 4.26. The van der Waals surface area contributed by atoms with Crippen molar-refractivity contribution in [3.8, 4) is 0 Å². The summed E-state index contributed by atoms with van der Waals surface area (Å²) in [5.41, 5.74) is -0.413. The number of aromatic amines is 1. The molecule has 1 amide bonds. The van der Waals surface area contributed by atoms with Gasteiger partial charge in [-0.2, -0.15) is 0 Å². The van der Waals surface area contributed by atoms with Crippen molar-refractivity contribution < 1.29 is 9.90 Å². The molecule has 2 N–H and O–H groups in total. The highest BCUT2D eigenvalue weighted by molar-refractivity contribution is 7.08. The molecule has 1 aromatic heterocycles. The highest BCUT2D eigenvalue weighted by Gasteiger charge is 2.25. The Balaban J connectivity index is 2.00. The topological polar surface area (TPSA) is 76.6 Å². The molecule has 0 aromatic carbocycles.